The van der Waals surface area contributed by atoms with E-state index in [9.17, 15) is 0 Å². The Kier molecular flexibility index (Phi) is 4.94. The van der Waals surface area contributed by atoms with Crippen LogP contribution in [0.2, 0.25) is 0 Å². The molecular weight excluding hydrogens is 270 g/mol. The third-order valence-corrected chi connectivity index (χ3v) is 3.39. The zero-order valence-corrected chi connectivity index (χ0v) is 14.6. The lowest BCUT2D eigenvalue weighted by Gasteiger charge is -2.18. The third-order valence-electron chi connectivity index (χ3n) is 3.39. The van der Waals surface area contributed by atoms with Crippen LogP contribution < -0.4 is 0 Å². The van der Waals surface area contributed by atoms with Crippen molar-refractivity contribution in [3.8, 4) is 11.4 Å². The Morgan fingerprint density at radius 1 is 0.955 bits per heavy atom. The van der Waals surface area contributed by atoms with E-state index in [0.717, 1.165) is 35.9 Å². The highest BCUT2D eigenvalue weighted by Gasteiger charge is 2.17. The third kappa shape index (κ3) is 4.62. The molecule has 0 fully saturated rings. The fraction of sp³-hybridized carbons (Fsp3) is 0.526. The van der Waals surface area contributed by atoms with Crippen LogP contribution in [0.4, 0.5) is 0 Å². The van der Waals surface area contributed by atoms with E-state index in [1.807, 2.05) is 12.1 Å². The predicted octanol–water partition coefficient (Wildman–Crippen LogP) is 4.63. The van der Waals surface area contributed by atoms with Gasteiger partial charge in [0.2, 0.25) is 0 Å². The quantitative estimate of drug-likeness (QED) is 0.825. The monoisotopic (exact) mass is 297 g/mol. The number of hydrogen-bond acceptors (Lipinski definition) is 3. The van der Waals surface area contributed by atoms with Gasteiger partial charge >= 0.3 is 0 Å². The molecule has 2 aromatic rings. The van der Waals surface area contributed by atoms with Gasteiger partial charge in [0.05, 0.1) is 0 Å². The van der Waals surface area contributed by atoms with E-state index in [2.05, 4.69) is 53.7 Å². The highest BCUT2D eigenvalue weighted by Crippen LogP contribution is 2.23. The summed E-state index contributed by atoms with van der Waals surface area (Å²) >= 11 is 0. The van der Waals surface area contributed by atoms with Gasteiger partial charge in [-0.05, 0) is 23.8 Å². The topological polar surface area (TPSA) is 38.7 Å². The Morgan fingerprint density at radius 2 is 1.59 bits per heavy atom. The minimum atomic E-state index is 0.166. The second-order valence-electron chi connectivity index (χ2n) is 7.64. The second-order valence-corrected chi connectivity index (χ2v) is 7.64. The van der Waals surface area contributed by atoms with Crippen molar-refractivity contribution in [3.63, 3.8) is 0 Å². The molecule has 118 valence electrons. The standard InChI is InChI=1S/C19H27N3/c1-13(2)11-16-20-17(12-19(4,5)6)22-18(21-16)15-10-8-7-9-14(15)3/h7-10,13H,11-12H2,1-6H3. The number of hydrogen-bond donors (Lipinski definition) is 0. The van der Waals surface area contributed by atoms with Gasteiger partial charge < -0.3 is 0 Å². The van der Waals surface area contributed by atoms with E-state index < -0.39 is 0 Å². The maximum Gasteiger partial charge on any atom is 0.163 e. The Labute approximate surface area is 134 Å². The molecule has 0 N–H and O–H groups in total. The first-order valence-electron chi connectivity index (χ1n) is 8.04. The van der Waals surface area contributed by atoms with E-state index in [0.29, 0.717) is 5.92 Å². The first-order chi connectivity index (χ1) is 10.2. The van der Waals surface area contributed by atoms with E-state index in [1.165, 1.54) is 5.56 Å². The highest BCUT2D eigenvalue weighted by atomic mass is 15.0. The van der Waals surface area contributed by atoms with Gasteiger partial charge in [-0.15, -0.1) is 0 Å². The van der Waals surface area contributed by atoms with Gasteiger partial charge in [0.25, 0.3) is 0 Å². The van der Waals surface area contributed by atoms with Crippen molar-refractivity contribution in [2.45, 2.75) is 54.4 Å². The Balaban J connectivity index is 2.48. The molecule has 0 spiro atoms. The minimum Gasteiger partial charge on any atom is -0.218 e. The van der Waals surface area contributed by atoms with Crippen LogP contribution in [0, 0.1) is 18.3 Å². The molecular formula is C19H27N3. The zero-order chi connectivity index (χ0) is 16.3. The summed E-state index contributed by atoms with van der Waals surface area (Å²) in [5.74, 6) is 3.15. The molecule has 0 aliphatic carbocycles. The molecule has 3 nitrogen and oxygen atoms in total. The fourth-order valence-electron chi connectivity index (χ4n) is 2.42. The van der Waals surface area contributed by atoms with Gasteiger partial charge in [-0.1, -0.05) is 58.9 Å². The molecule has 1 heterocycles. The molecule has 0 saturated heterocycles. The molecule has 2 rings (SSSR count). The average Bonchev–Trinajstić information content (AvgIpc) is 2.35. The molecule has 0 amide bonds. The van der Waals surface area contributed by atoms with E-state index in [-0.39, 0.29) is 5.41 Å². The summed E-state index contributed by atoms with van der Waals surface area (Å²) in [6.07, 6.45) is 1.75. The van der Waals surface area contributed by atoms with Crippen molar-refractivity contribution >= 4 is 0 Å². The molecule has 0 unspecified atom stereocenters. The number of aryl methyl sites for hydroxylation is 1. The van der Waals surface area contributed by atoms with Crippen molar-refractivity contribution in [1.82, 2.24) is 15.0 Å². The normalized spacial score (nSPS) is 12.0. The zero-order valence-electron chi connectivity index (χ0n) is 14.6. The molecule has 3 heteroatoms. The molecule has 0 radical (unpaired) electrons. The van der Waals surface area contributed by atoms with Gasteiger partial charge in [0.1, 0.15) is 11.6 Å². The van der Waals surface area contributed by atoms with Crippen LogP contribution in [0.25, 0.3) is 11.4 Å². The number of aromatic nitrogens is 3. The van der Waals surface area contributed by atoms with Crippen molar-refractivity contribution < 1.29 is 0 Å². The number of benzene rings is 1. The lowest BCUT2D eigenvalue weighted by atomic mass is 9.92. The summed E-state index contributed by atoms with van der Waals surface area (Å²) in [5, 5.41) is 0. The lowest BCUT2D eigenvalue weighted by Crippen LogP contribution is -2.15. The first kappa shape index (κ1) is 16.6. The van der Waals surface area contributed by atoms with Gasteiger partial charge in [0.15, 0.2) is 5.82 Å². The largest absolute Gasteiger partial charge is 0.218 e. The fourth-order valence-corrected chi connectivity index (χ4v) is 2.42. The molecule has 22 heavy (non-hydrogen) atoms. The maximum atomic E-state index is 4.73. The van der Waals surface area contributed by atoms with E-state index in [1.54, 1.807) is 0 Å². The van der Waals surface area contributed by atoms with Crippen LogP contribution >= 0.6 is 0 Å². The van der Waals surface area contributed by atoms with Crippen LogP contribution in [-0.4, -0.2) is 15.0 Å². The van der Waals surface area contributed by atoms with Crippen molar-refractivity contribution in [3.05, 3.63) is 41.5 Å². The summed E-state index contributed by atoms with van der Waals surface area (Å²) in [5.41, 5.74) is 2.47. The van der Waals surface area contributed by atoms with Crippen LogP contribution in [0.5, 0.6) is 0 Å². The maximum absolute atomic E-state index is 4.73. The highest BCUT2D eigenvalue weighted by molar-refractivity contribution is 5.59. The van der Waals surface area contributed by atoms with Gasteiger partial charge in [0, 0.05) is 18.4 Å². The Hall–Kier alpha value is -1.77. The minimum absolute atomic E-state index is 0.166. The molecule has 0 aliphatic rings. The average molecular weight is 297 g/mol. The summed E-state index contributed by atoms with van der Waals surface area (Å²) < 4.78 is 0. The first-order valence-corrected chi connectivity index (χ1v) is 8.04. The van der Waals surface area contributed by atoms with Gasteiger partial charge in [-0.25, -0.2) is 15.0 Å². The van der Waals surface area contributed by atoms with Crippen LogP contribution in [0.15, 0.2) is 24.3 Å². The van der Waals surface area contributed by atoms with E-state index >= 15 is 0 Å². The summed E-state index contributed by atoms with van der Waals surface area (Å²) in [7, 11) is 0. The van der Waals surface area contributed by atoms with Gasteiger partial charge in [-0.2, -0.15) is 0 Å². The van der Waals surface area contributed by atoms with Crippen LogP contribution in [0.1, 0.15) is 51.8 Å². The smallest absolute Gasteiger partial charge is 0.163 e. The molecule has 0 atom stereocenters. The Morgan fingerprint density at radius 3 is 2.18 bits per heavy atom. The molecule has 1 aromatic heterocycles. The molecule has 0 saturated carbocycles. The Bertz CT molecular complexity index is 639. The lowest BCUT2D eigenvalue weighted by molar-refractivity contribution is 0.399. The van der Waals surface area contributed by atoms with Crippen LogP contribution in [-0.2, 0) is 12.8 Å². The SMILES string of the molecule is Cc1ccccc1-c1nc(CC(C)C)nc(CC(C)(C)C)n1. The van der Waals surface area contributed by atoms with Gasteiger partial charge in [-0.3, -0.25) is 0 Å². The summed E-state index contributed by atoms with van der Waals surface area (Å²) in [6.45, 7) is 13.1. The van der Waals surface area contributed by atoms with E-state index in [4.69, 9.17) is 15.0 Å². The second kappa shape index (κ2) is 6.55. The summed E-state index contributed by atoms with van der Waals surface area (Å²) in [6, 6.07) is 8.28. The number of nitrogens with zero attached hydrogens (tertiary/aromatic N) is 3. The molecule has 0 aliphatic heterocycles. The molecule has 0 bridgehead atoms. The van der Waals surface area contributed by atoms with Crippen LogP contribution in [0.3, 0.4) is 0 Å². The van der Waals surface area contributed by atoms with Crippen molar-refractivity contribution in [2.75, 3.05) is 0 Å². The number of rotatable bonds is 4. The summed E-state index contributed by atoms with van der Waals surface area (Å²) in [4.78, 5) is 14.1. The predicted molar refractivity (Wildman–Crippen MR) is 91.7 cm³/mol. The van der Waals surface area contributed by atoms with Crippen molar-refractivity contribution in [2.24, 2.45) is 11.3 Å². The molecule has 1 aromatic carbocycles. The van der Waals surface area contributed by atoms with Crippen molar-refractivity contribution in [1.29, 1.82) is 0 Å².